The topological polar surface area (TPSA) is 26.7 Å². The van der Waals surface area contributed by atoms with E-state index in [1.807, 2.05) is 11.3 Å². The van der Waals surface area contributed by atoms with E-state index in [2.05, 4.69) is 35.2 Å². The predicted octanol–water partition coefficient (Wildman–Crippen LogP) is 2.34. The van der Waals surface area contributed by atoms with Crippen LogP contribution in [-0.4, -0.2) is 54.2 Å². The number of likely N-dealkylation sites (tertiary alicyclic amines) is 1. The van der Waals surface area contributed by atoms with Crippen molar-refractivity contribution < 1.29 is 5.11 Å². The zero-order valence-corrected chi connectivity index (χ0v) is 13.0. The normalized spacial score (nSPS) is 21.2. The molecule has 0 aromatic carbocycles. The first-order valence-electron chi connectivity index (χ1n) is 7.27. The van der Waals surface area contributed by atoms with Gasteiger partial charge in [-0.15, -0.1) is 11.3 Å². The SMILES string of the molecule is Cc1ccsc1CN(CCO)C[C@@H]1CCCCN1C. The van der Waals surface area contributed by atoms with Crippen LogP contribution >= 0.6 is 11.3 Å². The molecule has 0 aliphatic carbocycles. The molecule has 0 bridgehead atoms. The van der Waals surface area contributed by atoms with Crippen LogP contribution in [0, 0.1) is 6.92 Å². The molecular formula is C15H26N2OS. The van der Waals surface area contributed by atoms with Crippen LogP contribution in [0.25, 0.3) is 0 Å². The van der Waals surface area contributed by atoms with Gasteiger partial charge in [-0.3, -0.25) is 4.90 Å². The highest BCUT2D eigenvalue weighted by atomic mass is 32.1. The number of piperidine rings is 1. The molecule has 1 aromatic heterocycles. The lowest BCUT2D eigenvalue weighted by Gasteiger charge is -2.36. The van der Waals surface area contributed by atoms with Gasteiger partial charge in [0.1, 0.15) is 0 Å². The molecule has 1 atom stereocenters. The van der Waals surface area contributed by atoms with Gasteiger partial charge in [-0.25, -0.2) is 0 Å². The molecule has 1 aliphatic heterocycles. The van der Waals surface area contributed by atoms with Crippen molar-refractivity contribution in [3.8, 4) is 0 Å². The maximum absolute atomic E-state index is 9.28. The molecule has 108 valence electrons. The first-order valence-corrected chi connectivity index (χ1v) is 8.15. The van der Waals surface area contributed by atoms with Gasteiger partial charge in [-0.05, 0) is 50.4 Å². The Hall–Kier alpha value is -0.420. The third-order valence-corrected chi connectivity index (χ3v) is 5.15. The minimum Gasteiger partial charge on any atom is -0.395 e. The largest absolute Gasteiger partial charge is 0.395 e. The lowest BCUT2D eigenvalue weighted by atomic mass is 10.0. The highest BCUT2D eigenvalue weighted by Crippen LogP contribution is 2.20. The average Bonchev–Trinajstić information content (AvgIpc) is 2.78. The van der Waals surface area contributed by atoms with E-state index in [1.54, 1.807) is 0 Å². The molecule has 2 rings (SSSR count). The van der Waals surface area contributed by atoms with Gasteiger partial charge in [-0.2, -0.15) is 0 Å². The van der Waals surface area contributed by atoms with Crippen molar-refractivity contribution in [1.82, 2.24) is 9.80 Å². The van der Waals surface area contributed by atoms with Crippen LogP contribution in [0.5, 0.6) is 0 Å². The maximum atomic E-state index is 9.28. The highest BCUT2D eigenvalue weighted by Gasteiger charge is 2.21. The second-order valence-electron chi connectivity index (χ2n) is 5.62. The Morgan fingerprint density at radius 1 is 1.47 bits per heavy atom. The second-order valence-corrected chi connectivity index (χ2v) is 6.62. The molecule has 0 spiro atoms. The lowest BCUT2D eigenvalue weighted by Crippen LogP contribution is -2.45. The summed E-state index contributed by atoms with van der Waals surface area (Å²) in [5, 5.41) is 11.4. The van der Waals surface area contributed by atoms with Crippen molar-refractivity contribution in [3.05, 3.63) is 21.9 Å². The smallest absolute Gasteiger partial charge is 0.0558 e. The lowest BCUT2D eigenvalue weighted by molar-refractivity contribution is 0.110. The van der Waals surface area contributed by atoms with Crippen LogP contribution in [0.1, 0.15) is 29.7 Å². The summed E-state index contributed by atoms with van der Waals surface area (Å²) in [6.45, 7) is 6.48. The maximum Gasteiger partial charge on any atom is 0.0558 e. The molecule has 1 aliphatic rings. The summed E-state index contributed by atoms with van der Waals surface area (Å²) in [5.41, 5.74) is 1.38. The fraction of sp³-hybridized carbons (Fsp3) is 0.733. The summed E-state index contributed by atoms with van der Waals surface area (Å²) in [6.07, 6.45) is 3.97. The molecule has 4 heteroatoms. The summed E-state index contributed by atoms with van der Waals surface area (Å²) in [7, 11) is 2.23. The Balaban J connectivity index is 1.93. The summed E-state index contributed by atoms with van der Waals surface area (Å²) in [5.74, 6) is 0. The minimum atomic E-state index is 0.251. The van der Waals surface area contributed by atoms with Crippen molar-refractivity contribution in [2.75, 3.05) is 33.3 Å². The van der Waals surface area contributed by atoms with Crippen LogP contribution in [0.15, 0.2) is 11.4 Å². The molecular weight excluding hydrogens is 256 g/mol. The first-order chi connectivity index (χ1) is 9.20. The Morgan fingerprint density at radius 3 is 2.95 bits per heavy atom. The Kier molecular flexibility index (Phi) is 5.82. The van der Waals surface area contributed by atoms with Gasteiger partial charge in [0.25, 0.3) is 0 Å². The number of rotatable bonds is 6. The Labute approximate surface area is 120 Å². The molecule has 2 heterocycles. The van der Waals surface area contributed by atoms with E-state index in [4.69, 9.17) is 0 Å². The number of hydrogen-bond donors (Lipinski definition) is 1. The summed E-state index contributed by atoms with van der Waals surface area (Å²) in [4.78, 5) is 6.33. The van der Waals surface area contributed by atoms with E-state index in [9.17, 15) is 5.11 Å². The number of aliphatic hydroxyl groups is 1. The fourth-order valence-corrected chi connectivity index (χ4v) is 3.77. The summed E-state index contributed by atoms with van der Waals surface area (Å²) >= 11 is 1.83. The molecule has 1 aromatic rings. The number of nitrogens with zero attached hydrogens (tertiary/aromatic N) is 2. The first kappa shape index (κ1) is 15.0. The molecule has 0 saturated carbocycles. The van der Waals surface area contributed by atoms with Crippen LogP contribution in [0.3, 0.4) is 0 Å². The molecule has 19 heavy (non-hydrogen) atoms. The van der Waals surface area contributed by atoms with Gasteiger partial charge in [0.2, 0.25) is 0 Å². The monoisotopic (exact) mass is 282 g/mol. The van der Waals surface area contributed by atoms with Crippen molar-refractivity contribution >= 4 is 11.3 Å². The molecule has 0 radical (unpaired) electrons. The second kappa shape index (κ2) is 7.39. The van der Waals surface area contributed by atoms with Gasteiger partial charge in [0.15, 0.2) is 0 Å². The van der Waals surface area contributed by atoms with Crippen molar-refractivity contribution in [1.29, 1.82) is 0 Å². The number of hydrogen-bond acceptors (Lipinski definition) is 4. The van der Waals surface area contributed by atoms with Crippen LogP contribution in [0.4, 0.5) is 0 Å². The minimum absolute atomic E-state index is 0.251. The predicted molar refractivity (Wildman–Crippen MR) is 81.7 cm³/mol. The van der Waals surface area contributed by atoms with Crippen LogP contribution in [-0.2, 0) is 6.54 Å². The number of aryl methyl sites for hydroxylation is 1. The quantitative estimate of drug-likeness (QED) is 0.867. The number of thiophene rings is 1. The van der Waals surface area contributed by atoms with Gasteiger partial charge >= 0.3 is 0 Å². The standard InChI is InChI=1S/C15H26N2OS/c1-13-6-10-19-15(13)12-17(8-9-18)11-14-5-3-4-7-16(14)2/h6,10,14,18H,3-5,7-9,11-12H2,1-2H3/t14-/m0/s1. The zero-order valence-electron chi connectivity index (χ0n) is 12.1. The van der Waals surface area contributed by atoms with Crippen molar-refractivity contribution in [3.63, 3.8) is 0 Å². The van der Waals surface area contributed by atoms with Crippen LogP contribution in [0.2, 0.25) is 0 Å². The number of likely N-dealkylation sites (N-methyl/N-ethyl adjacent to an activating group) is 1. The number of aliphatic hydroxyl groups excluding tert-OH is 1. The van der Waals surface area contributed by atoms with Crippen LogP contribution < -0.4 is 0 Å². The fourth-order valence-electron chi connectivity index (χ4n) is 2.82. The van der Waals surface area contributed by atoms with E-state index >= 15 is 0 Å². The average molecular weight is 282 g/mol. The van der Waals surface area contributed by atoms with Gasteiger partial charge < -0.3 is 10.0 Å². The third kappa shape index (κ3) is 4.28. The van der Waals surface area contributed by atoms with Crippen molar-refractivity contribution in [2.24, 2.45) is 0 Å². The molecule has 3 nitrogen and oxygen atoms in total. The van der Waals surface area contributed by atoms with Gasteiger partial charge in [0, 0.05) is 30.6 Å². The van der Waals surface area contributed by atoms with Crippen molar-refractivity contribution in [2.45, 2.75) is 38.8 Å². The Morgan fingerprint density at radius 2 is 2.32 bits per heavy atom. The van der Waals surface area contributed by atoms with E-state index in [0.717, 1.165) is 19.6 Å². The highest BCUT2D eigenvalue weighted by molar-refractivity contribution is 7.10. The van der Waals surface area contributed by atoms with E-state index < -0.39 is 0 Å². The summed E-state index contributed by atoms with van der Waals surface area (Å²) in [6, 6.07) is 2.84. The molecule has 0 unspecified atom stereocenters. The molecule has 1 fully saturated rings. The van der Waals surface area contributed by atoms with E-state index in [-0.39, 0.29) is 6.61 Å². The van der Waals surface area contributed by atoms with E-state index in [1.165, 1.54) is 36.2 Å². The molecule has 1 saturated heterocycles. The van der Waals surface area contributed by atoms with Gasteiger partial charge in [-0.1, -0.05) is 6.42 Å². The summed E-state index contributed by atoms with van der Waals surface area (Å²) < 4.78 is 0. The Bertz CT molecular complexity index is 380. The molecule has 0 amide bonds. The zero-order chi connectivity index (χ0) is 13.7. The van der Waals surface area contributed by atoms with E-state index in [0.29, 0.717) is 6.04 Å². The molecule has 1 N–H and O–H groups in total. The van der Waals surface area contributed by atoms with Gasteiger partial charge in [0.05, 0.1) is 6.61 Å². The third-order valence-electron chi connectivity index (χ3n) is 4.14.